The van der Waals surface area contributed by atoms with E-state index < -0.39 is 17.6 Å². The number of aliphatic hydroxyl groups is 1. The van der Waals surface area contributed by atoms with E-state index >= 15 is 0 Å². The monoisotopic (exact) mass is 435 g/mol. The highest BCUT2D eigenvalue weighted by Crippen LogP contribution is 2.30. The fraction of sp³-hybridized carbons (Fsp3) is 0.238. The molecule has 2 N–H and O–H groups in total. The Kier molecular flexibility index (Phi) is 6.84. The molecule has 3 aromatic rings. The number of nitrogens with one attached hydrogen (secondary N) is 1. The second-order valence-corrected chi connectivity index (χ2v) is 7.64. The van der Waals surface area contributed by atoms with Crippen molar-refractivity contribution in [2.45, 2.75) is 31.4 Å². The zero-order valence-electron chi connectivity index (χ0n) is 16.1. The number of hydrogen-bond acceptors (Lipinski definition) is 4. The van der Waals surface area contributed by atoms with Crippen LogP contribution in [0.4, 0.5) is 18.9 Å². The summed E-state index contributed by atoms with van der Waals surface area (Å²) in [6.07, 6.45) is -2.76. The van der Waals surface area contributed by atoms with Crippen molar-refractivity contribution in [2.24, 2.45) is 0 Å². The van der Waals surface area contributed by atoms with Gasteiger partial charge in [-0.25, -0.2) is 4.98 Å². The number of thioether (sulfide) groups is 1. The van der Waals surface area contributed by atoms with Crippen molar-refractivity contribution in [3.8, 4) is 0 Å². The average molecular weight is 435 g/mol. The number of imidazole rings is 1. The lowest BCUT2D eigenvalue weighted by Gasteiger charge is -2.10. The maximum Gasteiger partial charge on any atom is 0.416 e. The van der Waals surface area contributed by atoms with E-state index in [1.807, 2.05) is 35.8 Å². The summed E-state index contributed by atoms with van der Waals surface area (Å²) < 4.78 is 40.3. The van der Waals surface area contributed by atoms with Crippen LogP contribution in [0.1, 0.15) is 22.4 Å². The van der Waals surface area contributed by atoms with Gasteiger partial charge >= 0.3 is 6.18 Å². The normalized spacial score (nSPS) is 11.5. The van der Waals surface area contributed by atoms with Crippen molar-refractivity contribution in [1.82, 2.24) is 9.55 Å². The number of carbonyl (C=O) groups excluding carboxylic acids is 1. The number of aryl methyl sites for hydroxylation is 1. The van der Waals surface area contributed by atoms with Gasteiger partial charge in [0.05, 0.1) is 23.6 Å². The maximum atomic E-state index is 12.8. The molecule has 3 rings (SSSR count). The van der Waals surface area contributed by atoms with Gasteiger partial charge in [-0.15, -0.1) is 0 Å². The molecular formula is C21H20F3N3O2S. The summed E-state index contributed by atoms with van der Waals surface area (Å²) in [5.41, 5.74) is 1.91. The van der Waals surface area contributed by atoms with E-state index in [0.717, 1.165) is 35.0 Å². The van der Waals surface area contributed by atoms with Gasteiger partial charge in [-0.1, -0.05) is 47.7 Å². The van der Waals surface area contributed by atoms with Crippen molar-refractivity contribution in [2.75, 3.05) is 11.1 Å². The molecule has 0 atom stereocenters. The van der Waals surface area contributed by atoms with Crippen LogP contribution >= 0.6 is 11.8 Å². The molecule has 0 radical (unpaired) electrons. The molecule has 0 unspecified atom stereocenters. The standard InChI is InChI=1S/C21H20F3N3O2S/c1-14-5-7-15(8-6-14)10-27-11-18(12-28)26-20(27)30-13-19(29)25-17-4-2-3-16(9-17)21(22,23)24/h2-9,11,28H,10,12-13H2,1H3,(H,25,29). The van der Waals surface area contributed by atoms with Crippen LogP contribution in [0, 0.1) is 6.92 Å². The van der Waals surface area contributed by atoms with E-state index in [2.05, 4.69) is 10.3 Å². The summed E-state index contributed by atoms with van der Waals surface area (Å²) in [7, 11) is 0. The Balaban J connectivity index is 1.65. The van der Waals surface area contributed by atoms with Gasteiger partial charge in [0.15, 0.2) is 5.16 Å². The molecule has 30 heavy (non-hydrogen) atoms. The molecule has 9 heteroatoms. The van der Waals surface area contributed by atoms with Gasteiger partial charge in [0.1, 0.15) is 0 Å². The second kappa shape index (κ2) is 9.36. The predicted molar refractivity (Wildman–Crippen MR) is 109 cm³/mol. The first-order valence-corrected chi connectivity index (χ1v) is 10.1. The summed E-state index contributed by atoms with van der Waals surface area (Å²) in [6, 6.07) is 12.5. The third-order valence-corrected chi connectivity index (χ3v) is 5.22. The Labute approximate surface area is 175 Å². The van der Waals surface area contributed by atoms with E-state index in [0.29, 0.717) is 17.4 Å². The Hall–Kier alpha value is -2.78. The fourth-order valence-corrected chi connectivity index (χ4v) is 3.54. The molecule has 2 aromatic carbocycles. The maximum absolute atomic E-state index is 12.8. The van der Waals surface area contributed by atoms with E-state index in [9.17, 15) is 23.1 Å². The number of nitrogens with zero attached hydrogens (tertiary/aromatic N) is 2. The summed E-state index contributed by atoms with van der Waals surface area (Å²) in [6.45, 7) is 2.28. The molecule has 0 saturated heterocycles. The number of alkyl halides is 3. The Bertz CT molecular complexity index is 1020. The molecule has 5 nitrogen and oxygen atoms in total. The van der Waals surface area contributed by atoms with E-state index in [1.54, 1.807) is 6.20 Å². The molecule has 1 heterocycles. The van der Waals surface area contributed by atoms with Crippen LogP contribution in [0.15, 0.2) is 59.9 Å². The lowest BCUT2D eigenvalue weighted by Crippen LogP contribution is -2.15. The third kappa shape index (κ3) is 5.87. The number of aromatic nitrogens is 2. The van der Waals surface area contributed by atoms with Gasteiger partial charge in [-0.3, -0.25) is 4.79 Å². The minimum absolute atomic E-state index is 0.0357. The van der Waals surface area contributed by atoms with Crippen LogP contribution in [0.25, 0.3) is 0 Å². The number of anilines is 1. The van der Waals surface area contributed by atoms with Gasteiger partial charge in [-0.2, -0.15) is 13.2 Å². The van der Waals surface area contributed by atoms with Crippen molar-refractivity contribution in [1.29, 1.82) is 0 Å². The first-order chi connectivity index (χ1) is 14.2. The van der Waals surface area contributed by atoms with Crippen LogP contribution in [-0.2, 0) is 24.1 Å². The molecule has 0 spiro atoms. The van der Waals surface area contributed by atoms with E-state index in [1.165, 1.54) is 12.1 Å². The zero-order valence-corrected chi connectivity index (χ0v) is 16.9. The van der Waals surface area contributed by atoms with Crippen LogP contribution in [0.5, 0.6) is 0 Å². The summed E-state index contributed by atoms with van der Waals surface area (Å²) in [4.78, 5) is 16.5. The molecular weight excluding hydrogens is 415 g/mol. The first kappa shape index (κ1) is 21.9. The number of aliphatic hydroxyl groups excluding tert-OH is 1. The summed E-state index contributed by atoms with van der Waals surface area (Å²) in [5, 5.41) is 12.4. The van der Waals surface area contributed by atoms with Gasteiger partial charge in [0, 0.05) is 18.4 Å². The molecule has 158 valence electrons. The lowest BCUT2D eigenvalue weighted by atomic mass is 10.1. The predicted octanol–water partition coefficient (Wildman–Crippen LogP) is 4.48. The van der Waals surface area contributed by atoms with Gasteiger partial charge < -0.3 is 15.0 Å². The van der Waals surface area contributed by atoms with Crippen molar-refractivity contribution in [3.05, 3.63) is 77.1 Å². The minimum atomic E-state index is -4.48. The van der Waals surface area contributed by atoms with Crippen LogP contribution in [0.3, 0.4) is 0 Å². The van der Waals surface area contributed by atoms with Crippen molar-refractivity contribution < 1.29 is 23.1 Å². The summed E-state index contributed by atoms with van der Waals surface area (Å²) in [5.74, 6) is -0.485. The molecule has 0 aliphatic carbocycles. The highest BCUT2D eigenvalue weighted by molar-refractivity contribution is 7.99. The third-order valence-electron chi connectivity index (χ3n) is 4.23. The van der Waals surface area contributed by atoms with Crippen LogP contribution < -0.4 is 5.32 Å². The van der Waals surface area contributed by atoms with Crippen molar-refractivity contribution >= 4 is 23.4 Å². The number of hydrogen-bond donors (Lipinski definition) is 2. The highest BCUT2D eigenvalue weighted by Gasteiger charge is 2.30. The Morgan fingerprint density at radius 3 is 2.60 bits per heavy atom. The Morgan fingerprint density at radius 2 is 1.93 bits per heavy atom. The number of halogens is 3. The molecule has 1 amide bonds. The van der Waals surface area contributed by atoms with Crippen LogP contribution in [0.2, 0.25) is 0 Å². The molecule has 0 bridgehead atoms. The number of amides is 1. The van der Waals surface area contributed by atoms with E-state index in [4.69, 9.17) is 0 Å². The molecule has 0 aliphatic heterocycles. The van der Waals surface area contributed by atoms with Crippen LogP contribution in [-0.4, -0.2) is 26.3 Å². The second-order valence-electron chi connectivity index (χ2n) is 6.70. The van der Waals surface area contributed by atoms with Gasteiger partial charge in [0.25, 0.3) is 0 Å². The Morgan fingerprint density at radius 1 is 1.20 bits per heavy atom. The average Bonchev–Trinajstić information content (AvgIpc) is 3.09. The smallest absolute Gasteiger partial charge is 0.390 e. The van der Waals surface area contributed by atoms with Crippen molar-refractivity contribution in [3.63, 3.8) is 0 Å². The fourth-order valence-electron chi connectivity index (χ4n) is 2.75. The number of benzene rings is 2. The molecule has 0 aliphatic rings. The van der Waals surface area contributed by atoms with Gasteiger partial charge in [0.2, 0.25) is 5.91 Å². The molecule has 1 aromatic heterocycles. The van der Waals surface area contributed by atoms with E-state index in [-0.39, 0.29) is 18.0 Å². The summed E-state index contributed by atoms with van der Waals surface area (Å²) >= 11 is 1.15. The molecule has 0 fully saturated rings. The number of rotatable bonds is 7. The highest BCUT2D eigenvalue weighted by atomic mass is 32.2. The number of carbonyl (C=O) groups is 1. The minimum Gasteiger partial charge on any atom is -0.390 e. The quantitative estimate of drug-likeness (QED) is 0.537. The topological polar surface area (TPSA) is 67.1 Å². The molecule has 0 saturated carbocycles. The first-order valence-electron chi connectivity index (χ1n) is 9.07. The SMILES string of the molecule is Cc1ccc(Cn2cc(CO)nc2SCC(=O)Nc2cccc(C(F)(F)F)c2)cc1. The zero-order chi connectivity index (χ0) is 21.7. The largest absolute Gasteiger partial charge is 0.416 e. The lowest BCUT2D eigenvalue weighted by molar-refractivity contribution is -0.137. The van der Waals surface area contributed by atoms with Gasteiger partial charge in [-0.05, 0) is 30.7 Å².